The molecule has 8 nitrogen and oxygen atoms in total. The molecule has 0 spiro atoms. The third kappa shape index (κ3) is 4.55. The molecule has 168 valence electrons. The molecule has 1 fully saturated rings. The molecular weight excluding hydrogens is 450 g/mol. The first kappa shape index (κ1) is 22.4. The summed E-state index contributed by atoms with van der Waals surface area (Å²) in [5.74, 6) is -0.391. The Balaban J connectivity index is 1.53. The van der Waals surface area contributed by atoms with Gasteiger partial charge in [-0.1, -0.05) is 36.9 Å². The highest BCUT2D eigenvalue weighted by atomic mass is 35.5. The Kier molecular flexibility index (Phi) is 6.59. The lowest BCUT2D eigenvalue weighted by Gasteiger charge is -2.30. The van der Waals surface area contributed by atoms with Crippen molar-refractivity contribution in [3.05, 3.63) is 65.7 Å². The summed E-state index contributed by atoms with van der Waals surface area (Å²) < 4.78 is 29.0. The standard InChI is InChI=1S/C22H24ClN5O3S/c1-27(17-6-3-2-4-7-17)32(30,31)18-12-10-16(11-13-18)22(29)26-20-9-5-8-19(23)21(20)28-15-24-14-25-28/h5,8-15,17H,2-4,6-7H2,1H3,(H,26,29). The summed E-state index contributed by atoms with van der Waals surface area (Å²) in [6.07, 6.45) is 7.86. The van der Waals surface area contributed by atoms with Gasteiger partial charge in [0.15, 0.2) is 0 Å². The van der Waals surface area contributed by atoms with Gasteiger partial charge in [0.2, 0.25) is 10.0 Å². The maximum absolute atomic E-state index is 13.0. The fourth-order valence-corrected chi connectivity index (χ4v) is 5.63. The molecule has 2 aromatic carbocycles. The Hall–Kier alpha value is -2.75. The van der Waals surface area contributed by atoms with E-state index in [0.29, 0.717) is 22.0 Å². The highest BCUT2D eigenvalue weighted by Crippen LogP contribution is 2.29. The van der Waals surface area contributed by atoms with Crippen LogP contribution in [0.2, 0.25) is 5.02 Å². The third-order valence-corrected chi connectivity index (χ3v) is 7.99. The number of hydrogen-bond acceptors (Lipinski definition) is 5. The van der Waals surface area contributed by atoms with Gasteiger partial charge in [-0.05, 0) is 49.2 Å². The van der Waals surface area contributed by atoms with Gasteiger partial charge in [0.05, 0.1) is 15.6 Å². The molecule has 1 heterocycles. The second-order valence-corrected chi connectivity index (χ2v) is 10.2. The van der Waals surface area contributed by atoms with Gasteiger partial charge in [0, 0.05) is 18.7 Å². The topological polar surface area (TPSA) is 97.2 Å². The van der Waals surface area contributed by atoms with Crippen molar-refractivity contribution >= 4 is 33.2 Å². The largest absolute Gasteiger partial charge is 0.320 e. The van der Waals surface area contributed by atoms with Crippen LogP contribution in [-0.4, -0.2) is 46.5 Å². The fraction of sp³-hybridized carbons (Fsp3) is 0.318. The van der Waals surface area contributed by atoms with E-state index in [4.69, 9.17) is 11.6 Å². The van der Waals surface area contributed by atoms with E-state index in [0.717, 1.165) is 32.1 Å². The zero-order chi connectivity index (χ0) is 22.7. The maximum atomic E-state index is 13.0. The second kappa shape index (κ2) is 9.40. The average molecular weight is 474 g/mol. The van der Waals surface area contributed by atoms with Crippen molar-refractivity contribution in [1.29, 1.82) is 0 Å². The van der Waals surface area contributed by atoms with Crippen molar-refractivity contribution in [2.24, 2.45) is 0 Å². The lowest BCUT2D eigenvalue weighted by molar-refractivity contribution is 0.102. The molecular formula is C22H24ClN5O3S. The lowest BCUT2D eigenvalue weighted by atomic mass is 9.96. The number of amides is 1. The smallest absolute Gasteiger partial charge is 0.255 e. The van der Waals surface area contributed by atoms with Crippen molar-refractivity contribution in [3.8, 4) is 5.69 Å². The van der Waals surface area contributed by atoms with E-state index in [1.165, 1.54) is 45.9 Å². The number of hydrogen-bond donors (Lipinski definition) is 1. The summed E-state index contributed by atoms with van der Waals surface area (Å²) in [5.41, 5.74) is 1.28. The Morgan fingerprint density at radius 2 is 1.84 bits per heavy atom. The van der Waals surface area contributed by atoms with Crippen LogP contribution in [0.15, 0.2) is 60.0 Å². The van der Waals surface area contributed by atoms with Crippen LogP contribution in [-0.2, 0) is 10.0 Å². The number of aromatic nitrogens is 3. The minimum absolute atomic E-state index is 0.0229. The van der Waals surface area contributed by atoms with Crippen LogP contribution in [0.5, 0.6) is 0 Å². The summed E-state index contributed by atoms with van der Waals surface area (Å²) in [6, 6.07) is 11.1. The molecule has 0 unspecified atom stereocenters. The first-order chi connectivity index (χ1) is 15.4. The highest BCUT2D eigenvalue weighted by Gasteiger charge is 2.29. The number of halogens is 1. The minimum atomic E-state index is -3.62. The van der Waals surface area contributed by atoms with Gasteiger partial charge >= 0.3 is 0 Å². The van der Waals surface area contributed by atoms with E-state index < -0.39 is 15.9 Å². The molecule has 0 saturated heterocycles. The number of anilines is 1. The Morgan fingerprint density at radius 3 is 2.50 bits per heavy atom. The van der Waals surface area contributed by atoms with Crippen LogP contribution in [0, 0.1) is 0 Å². The van der Waals surface area contributed by atoms with E-state index in [9.17, 15) is 13.2 Å². The third-order valence-electron chi connectivity index (χ3n) is 5.77. The lowest BCUT2D eigenvalue weighted by Crippen LogP contribution is -2.38. The number of rotatable bonds is 6. The number of carbonyl (C=O) groups is 1. The highest BCUT2D eigenvalue weighted by molar-refractivity contribution is 7.89. The molecule has 10 heteroatoms. The monoisotopic (exact) mass is 473 g/mol. The number of nitrogens with zero attached hydrogens (tertiary/aromatic N) is 4. The van der Waals surface area contributed by atoms with E-state index in [1.54, 1.807) is 25.2 Å². The number of nitrogens with one attached hydrogen (secondary N) is 1. The van der Waals surface area contributed by atoms with Gasteiger partial charge in [0.1, 0.15) is 18.3 Å². The van der Waals surface area contributed by atoms with Gasteiger partial charge in [-0.25, -0.2) is 18.1 Å². The predicted molar refractivity (Wildman–Crippen MR) is 123 cm³/mol. The zero-order valence-electron chi connectivity index (χ0n) is 17.6. The SMILES string of the molecule is CN(C1CCCCC1)S(=O)(=O)c1ccc(C(=O)Nc2cccc(Cl)c2-n2cncn2)cc1. The Labute approximate surface area is 192 Å². The van der Waals surface area contributed by atoms with E-state index in [2.05, 4.69) is 15.4 Å². The van der Waals surface area contributed by atoms with E-state index in [1.807, 2.05) is 0 Å². The molecule has 1 aromatic heterocycles. The summed E-state index contributed by atoms with van der Waals surface area (Å²) in [5, 5.41) is 7.30. The number of benzene rings is 2. The van der Waals surface area contributed by atoms with Gasteiger partial charge in [-0.2, -0.15) is 9.40 Å². The molecule has 1 N–H and O–H groups in total. The summed E-state index contributed by atoms with van der Waals surface area (Å²) in [6.45, 7) is 0. The van der Waals surface area contributed by atoms with Crippen molar-refractivity contribution in [3.63, 3.8) is 0 Å². The summed E-state index contributed by atoms with van der Waals surface area (Å²) >= 11 is 6.30. The van der Waals surface area contributed by atoms with Crippen LogP contribution < -0.4 is 5.32 Å². The first-order valence-corrected chi connectivity index (χ1v) is 12.2. The molecule has 1 saturated carbocycles. The van der Waals surface area contributed by atoms with Crippen LogP contribution in [0.3, 0.4) is 0 Å². The molecule has 0 aliphatic heterocycles. The van der Waals surface area contributed by atoms with Crippen molar-refractivity contribution in [1.82, 2.24) is 19.1 Å². The molecule has 1 aliphatic carbocycles. The van der Waals surface area contributed by atoms with Gasteiger partial charge in [-0.15, -0.1) is 0 Å². The van der Waals surface area contributed by atoms with Crippen molar-refractivity contribution in [2.45, 2.75) is 43.0 Å². The van der Waals surface area contributed by atoms with Crippen LogP contribution in [0.25, 0.3) is 5.69 Å². The number of para-hydroxylation sites is 1. The number of sulfonamides is 1. The minimum Gasteiger partial charge on any atom is -0.320 e. The number of carbonyl (C=O) groups excluding carboxylic acids is 1. The molecule has 1 amide bonds. The maximum Gasteiger partial charge on any atom is 0.255 e. The summed E-state index contributed by atoms with van der Waals surface area (Å²) in [4.78, 5) is 16.9. The fourth-order valence-electron chi connectivity index (χ4n) is 3.95. The molecule has 4 rings (SSSR count). The van der Waals surface area contributed by atoms with Crippen LogP contribution in [0.4, 0.5) is 5.69 Å². The predicted octanol–water partition coefficient (Wildman–Crippen LogP) is 4.13. The first-order valence-electron chi connectivity index (χ1n) is 10.4. The molecule has 0 radical (unpaired) electrons. The normalized spacial score (nSPS) is 15.1. The summed E-state index contributed by atoms with van der Waals surface area (Å²) in [7, 11) is -1.98. The van der Waals surface area contributed by atoms with Crippen LogP contribution in [0.1, 0.15) is 42.5 Å². The van der Waals surface area contributed by atoms with Gasteiger partial charge in [0.25, 0.3) is 5.91 Å². The zero-order valence-corrected chi connectivity index (χ0v) is 19.2. The van der Waals surface area contributed by atoms with Crippen LogP contribution >= 0.6 is 11.6 Å². The quantitative estimate of drug-likeness (QED) is 0.580. The molecule has 3 aromatic rings. The average Bonchev–Trinajstić information content (AvgIpc) is 3.33. The van der Waals surface area contributed by atoms with Crippen molar-refractivity contribution in [2.75, 3.05) is 12.4 Å². The Morgan fingerprint density at radius 1 is 1.12 bits per heavy atom. The molecule has 1 aliphatic rings. The van der Waals surface area contributed by atoms with E-state index >= 15 is 0 Å². The van der Waals surface area contributed by atoms with Gasteiger partial charge < -0.3 is 5.32 Å². The van der Waals surface area contributed by atoms with Crippen molar-refractivity contribution < 1.29 is 13.2 Å². The van der Waals surface area contributed by atoms with Gasteiger partial charge in [-0.3, -0.25) is 4.79 Å². The van der Waals surface area contributed by atoms with E-state index in [-0.39, 0.29) is 10.9 Å². The molecule has 0 bridgehead atoms. The molecule has 0 atom stereocenters. The second-order valence-electron chi connectivity index (χ2n) is 7.77. The Bertz CT molecular complexity index is 1190. The molecule has 32 heavy (non-hydrogen) atoms.